The van der Waals surface area contributed by atoms with E-state index in [9.17, 15) is 4.79 Å². The number of benzene rings is 1. The number of nitrogens with zero attached hydrogens (tertiary/aromatic N) is 3. The number of nitrogens with one attached hydrogen (secondary N) is 3. The van der Waals surface area contributed by atoms with Crippen molar-refractivity contribution in [3.63, 3.8) is 0 Å². The third-order valence-corrected chi connectivity index (χ3v) is 6.15. The van der Waals surface area contributed by atoms with Crippen LogP contribution >= 0.6 is 11.6 Å². The average molecular weight is 425 g/mol. The maximum absolute atomic E-state index is 12.3. The number of anilines is 1. The summed E-state index contributed by atoms with van der Waals surface area (Å²) in [5, 5.41) is 13.8. The van der Waals surface area contributed by atoms with Gasteiger partial charge in [-0.25, -0.2) is 9.97 Å². The van der Waals surface area contributed by atoms with Gasteiger partial charge in [0, 0.05) is 22.7 Å². The molecule has 8 heteroatoms. The minimum atomic E-state index is -0.322. The van der Waals surface area contributed by atoms with Crippen LogP contribution in [-0.4, -0.2) is 32.1 Å². The lowest BCUT2D eigenvalue weighted by Gasteiger charge is -2.48. The van der Waals surface area contributed by atoms with Crippen LogP contribution in [-0.2, 0) is 12.0 Å². The average Bonchev–Trinajstić information content (AvgIpc) is 3.25. The molecule has 3 aromatic rings. The zero-order valence-corrected chi connectivity index (χ0v) is 17.6. The van der Waals surface area contributed by atoms with E-state index < -0.39 is 0 Å². The second kappa shape index (κ2) is 8.83. The van der Waals surface area contributed by atoms with Crippen molar-refractivity contribution in [3.8, 4) is 0 Å². The van der Waals surface area contributed by atoms with Crippen LogP contribution in [0.25, 0.3) is 0 Å². The van der Waals surface area contributed by atoms with Crippen LogP contribution in [0.5, 0.6) is 0 Å². The number of amides is 1. The van der Waals surface area contributed by atoms with Crippen LogP contribution in [0.3, 0.4) is 0 Å². The molecule has 0 bridgehead atoms. The van der Waals surface area contributed by atoms with Crippen molar-refractivity contribution in [2.45, 2.75) is 50.6 Å². The predicted molar refractivity (Wildman–Crippen MR) is 116 cm³/mol. The second-order valence-electron chi connectivity index (χ2n) is 7.69. The molecule has 156 valence electrons. The van der Waals surface area contributed by atoms with E-state index in [4.69, 9.17) is 11.6 Å². The smallest absolute Gasteiger partial charge is 0.289 e. The van der Waals surface area contributed by atoms with E-state index in [2.05, 4.69) is 49.9 Å². The number of hydrogen-bond donors (Lipinski definition) is 3. The molecule has 1 atom stereocenters. The molecule has 2 aromatic heterocycles. The number of halogens is 1. The minimum Gasteiger partial charge on any atom is -0.379 e. The van der Waals surface area contributed by atoms with Crippen LogP contribution in [0.2, 0.25) is 5.02 Å². The SMILES string of the molecule is CCC(Nc1cnc(C(=O)NCc2ccn[nH]2)nc1)C1(c2cccc(Cl)c2)CCC1. The summed E-state index contributed by atoms with van der Waals surface area (Å²) in [4.78, 5) is 20.8. The molecular weight excluding hydrogens is 400 g/mol. The first kappa shape index (κ1) is 20.3. The van der Waals surface area contributed by atoms with Crippen molar-refractivity contribution < 1.29 is 4.79 Å². The lowest BCUT2D eigenvalue weighted by atomic mass is 9.59. The standard InChI is InChI=1S/C22H25ClN6O/c1-2-19(22(8-4-9-22)15-5-3-6-16(23)11-15)28-18-13-24-20(25-14-18)21(30)26-12-17-7-10-27-29-17/h3,5-7,10-11,13-14,19,28H,2,4,8-9,12H2,1H3,(H,26,30)(H,27,29). The topological polar surface area (TPSA) is 95.6 Å². The normalized spacial score (nSPS) is 15.8. The van der Waals surface area contributed by atoms with Gasteiger partial charge in [0.05, 0.1) is 30.3 Å². The van der Waals surface area contributed by atoms with Gasteiger partial charge in [-0.2, -0.15) is 5.10 Å². The first-order valence-electron chi connectivity index (χ1n) is 10.2. The number of aromatic amines is 1. The molecule has 4 rings (SSSR count). The Kier molecular flexibility index (Phi) is 5.99. The largest absolute Gasteiger partial charge is 0.379 e. The Hall–Kier alpha value is -2.93. The van der Waals surface area contributed by atoms with E-state index in [-0.39, 0.29) is 23.2 Å². The third-order valence-electron chi connectivity index (χ3n) is 5.91. The highest BCUT2D eigenvalue weighted by molar-refractivity contribution is 6.30. The van der Waals surface area contributed by atoms with Gasteiger partial charge < -0.3 is 10.6 Å². The van der Waals surface area contributed by atoms with Crippen LogP contribution < -0.4 is 10.6 Å². The highest BCUT2D eigenvalue weighted by Gasteiger charge is 2.44. The molecule has 1 aromatic carbocycles. The maximum atomic E-state index is 12.3. The monoisotopic (exact) mass is 424 g/mol. The summed E-state index contributed by atoms with van der Waals surface area (Å²) in [6, 6.07) is 10.2. The van der Waals surface area contributed by atoms with Crippen molar-refractivity contribution >= 4 is 23.2 Å². The summed E-state index contributed by atoms with van der Waals surface area (Å²) < 4.78 is 0. The van der Waals surface area contributed by atoms with Gasteiger partial charge in [-0.05, 0) is 43.0 Å². The molecule has 30 heavy (non-hydrogen) atoms. The zero-order valence-electron chi connectivity index (χ0n) is 16.9. The summed E-state index contributed by atoms with van der Waals surface area (Å²) in [5.41, 5.74) is 2.95. The molecule has 0 spiro atoms. The molecule has 0 saturated heterocycles. The number of H-pyrrole nitrogens is 1. The number of rotatable bonds is 8. The Morgan fingerprint density at radius 3 is 2.67 bits per heavy atom. The van der Waals surface area contributed by atoms with E-state index in [1.807, 2.05) is 12.1 Å². The summed E-state index contributed by atoms with van der Waals surface area (Å²) in [5.74, 6) is -0.182. The number of hydrogen-bond acceptors (Lipinski definition) is 5. The molecule has 1 aliphatic carbocycles. The highest BCUT2D eigenvalue weighted by Crippen LogP contribution is 2.48. The van der Waals surface area contributed by atoms with Crippen LogP contribution in [0.4, 0.5) is 5.69 Å². The summed E-state index contributed by atoms with van der Waals surface area (Å²) >= 11 is 6.26. The Morgan fingerprint density at radius 2 is 2.07 bits per heavy atom. The Balaban J connectivity index is 1.44. The summed E-state index contributed by atoms with van der Waals surface area (Å²) in [6.45, 7) is 2.53. The second-order valence-corrected chi connectivity index (χ2v) is 8.12. The van der Waals surface area contributed by atoms with Gasteiger partial charge in [0.2, 0.25) is 5.82 Å². The number of aromatic nitrogens is 4. The first-order valence-corrected chi connectivity index (χ1v) is 10.6. The first-order chi connectivity index (χ1) is 14.6. The van der Waals surface area contributed by atoms with Crippen LogP contribution in [0.1, 0.15) is 54.5 Å². The highest BCUT2D eigenvalue weighted by atomic mass is 35.5. The predicted octanol–water partition coefficient (Wildman–Crippen LogP) is 4.10. The summed E-state index contributed by atoms with van der Waals surface area (Å²) in [6.07, 6.45) is 9.38. The van der Waals surface area contributed by atoms with E-state index >= 15 is 0 Å². The number of carbonyl (C=O) groups excluding carboxylic acids is 1. The van der Waals surface area contributed by atoms with Gasteiger partial charge in [-0.3, -0.25) is 9.89 Å². The molecule has 1 unspecified atom stereocenters. The van der Waals surface area contributed by atoms with E-state index in [0.717, 1.165) is 35.7 Å². The molecular formula is C22H25ClN6O. The molecule has 0 radical (unpaired) electrons. The molecule has 1 aliphatic rings. The van der Waals surface area contributed by atoms with Crippen LogP contribution in [0, 0.1) is 0 Å². The molecule has 7 nitrogen and oxygen atoms in total. The molecule has 1 fully saturated rings. The minimum absolute atomic E-state index is 0.0553. The lowest BCUT2D eigenvalue weighted by Crippen LogP contribution is -2.49. The number of carbonyl (C=O) groups is 1. The molecule has 1 amide bonds. The Labute approximate surface area is 180 Å². The Bertz CT molecular complexity index is 985. The maximum Gasteiger partial charge on any atom is 0.289 e. The van der Waals surface area contributed by atoms with Gasteiger partial charge in [-0.1, -0.05) is 37.1 Å². The van der Waals surface area contributed by atoms with Gasteiger partial charge in [-0.15, -0.1) is 0 Å². The van der Waals surface area contributed by atoms with Crippen molar-refractivity contribution in [3.05, 3.63) is 71.0 Å². The Morgan fingerprint density at radius 1 is 1.27 bits per heavy atom. The van der Waals surface area contributed by atoms with Gasteiger partial charge >= 0.3 is 0 Å². The zero-order chi connectivity index (χ0) is 21.0. The quantitative estimate of drug-likeness (QED) is 0.506. The van der Waals surface area contributed by atoms with Gasteiger partial charge in [0.15, 0.2) is 0 Å². The van der Waals surface area contributed by atoms with Crippen molar-refractivity contribution in [2.24, 2.45) is 0 Å². The molecule has 3 N–H and O–H groups in total. The molecule has 1 saturated carbocycles. The fourth-order valence-electron chi connectivity index (χ4n) is 4.18. The lowest BCUT2D eigenvalue weighted by molar-refractivity contribution is 0.0940. The fraction of sp³-hybridized carbons (Fsp3) is 0.364. The van der Waals surface area contributed by atoms with Crippen LogP contribution in [0.15, 0.2) is 48.9 Å². The summed E-state index contributed by atoms with van der Waals surface area (Å²) in [7, 11) is 0. The molecule has 2 heterocycles. The van der Waals surface area contributed by atoms with Gasteiger partial charge in [0.1, 0.15) is 0 Å². The van der Waals surface area contributed by atoms with Crippen molar-refractivity contribution in [1.82, 2.24) is 25.5 Å². The van der Waals surface area contributed by atoms with Gasteiger partial charge in [0.25, 0.3) is 5.91 Å². The molecule has 0 aliphatic heterocycles. The van der Waals surface area contributed by atoms with E-state index in [1.165, 1.54) is 12.0 Å². The van der Waals surface area contributed by atoms with Crippen molar-refractivity contribution in [2.75, 3.05) is 5.32 Å². The van der Waals surface area contributed by atoms with E-state index in [0.29, 0.717) is 6.54 Å². The van der Waals surface area contributed by atoms with Crippen molar-refractivity contribution in [1.29, 1.82) is 0 Å². The fourth-order valence-corrected chi connectivity index (χ4v) is 4.37. The van der Waals surface area contributed by atoms with E-state index in [1.54, 1.807) is 24.7 Å². The third kappa shape index (κ3) is 4.16.